The van der Waals surface area contributed by atoms with E-state index in [4.69, 9.17) is 4.98 Å². The molecule has 1 N–H and O–H groups in total. The molecule has 4 aromatic rings. The van der Waals surface area contributed by atoms with Crippen molar-refractivity contribution in [3.8, 4) is 17.0 Å². The van der Waals surface area contributed by atoms with Crippen LogP contribution in [0.1, 0.15) is 0 Å². The quantitative estimate of drug-likeness (QED) is 0.529. The standard InChI is InChI=1S/C18H12N2O/c21-15-5-1-3-14(11-15)16-9-8-13-7-6-12-4-2-10-19-17(12)18(13)20-16/h1-11,21H. The fourth-order valence-corrected chi connectivity index (χ4v) is 2.55. The van der Waals surface area contributed by atoms with Crippen LogP contribution in [0.15, 0.2) is 66.9 Å². The van der Waals surface area contributed by atoms with Gasteiger partial charge in [-0.1, -0.05) is 36.4 Å². The summed E-state index contributed by atoms with van der Waals surface area (Å²) in [5.41, 5.74) is 3.51. The number of aromatic nitrogens is 2. The number of hydrogen-bond acceptors (Lipinski definition) is 3. The molecule has 2 heterocycles. The summed E-state index contributed by atoms with van der Waals surface area (Å²) in [5.74, 6) is 0.241. The summed E-state index contributed by atoms with van der Waals surface area (Å²) < 4.78 is 0. The highest BCUT2D eigenvalue weighted by Crippen LogP contribution is 2.27. The lowest BCUT2D eigenvalue weighted by Gasteiger charge is -2.06. The van der Waals surface area contributed by atoms with Gasteiger partial charge in [0.05, 0.1) is 16.7 Å². The minimum Gasteiger partial charge on any atom is -0.508 e. The first-order valence-corrected chi connectivity index (χ1v) is 6.75. The van der Waals surface area contributed by atoms with Gasteiger partial charge in [0.2, 0.25) is 0 Å². The molecule has 0 spiro atoms. The van der Waals surface area contributed by atoms with Gasteiger partial charge in [0.25, 0.3) is 0 Å². The summed E-state index contributed by atoms with van der Waals surface area (Å²) in [6, 6.07) is 19.2. The number of phenols is 1. The van der Waals surface area contributed by atoms with Gasteiger partial charge in [-0.05, 0) is 24.3 Å². The van der Waals surface area contributed by atoms with Crippen LogP contribution in [0.25, 0.3) is 33.1 Å². The van der Waals surface area contributed by atoms with Crippen LogP contribution in [0.5, 0.6) is 5.75 Å². The van der Waals surface area contributed by atoms with Crippen LogP contribution in [0.4, 0.5) is 0 Å². The number of phenolic OH excluding ortho intramolecular Hbond substituents is 1. The van der Waals surface area contributed by atoms with Gasteiger partial charge in [-0.2, -0.15) is 0 Å². The second kappa shape index (κ2) is 4.56. The topological polar surface area (TPSA) is 46.0 Å². The number of aromatic hydroxyl groups is 1. The number of rotatable bonds is 1. The van der Waals surface area contributed by atoms with Gasteiger partial charge in [0.1, 0.15) is 5.75 Å². The average molecular weight is 272 g/mol. The first kappa shape index (κ1) is 11.9. The van der Waals surface area contributed by atoms with Crippen molar-refractivity contribution in [3.05, 3.63) is 66.9 Å². The van der Waals surface area contributed by atoms with Crippen molar-refractivity contribution in [2.75, 3.05) is 0 Å². The van der Waals surface area contributed by atoms with E-state index in [-0.39, 0.29) is 5.75 Å². The fraction of sp³-hybridized carbons (Fsp3) is 0. The van der Waals surface area contributed by atoms with Crippen LogP contribution in [-0.4, -0.2) is 15.1 Å². The number of benzene rings is 2. The van der Waals surface area contributed by atoms with Gasteiger partial charge in [-0.15, -0.1) is 0 Å². The summed E-state index contributed by atoms with van der Waals surface area (Å²) in [6.45, 7) is 0. The summed E-state index contributed by atoms with van der Waals surface area (Å²) in [4.78, 5) is 9.19. The maximum atomic E-state index is 9.62. The maximum absolute atomic E-state index is 9.62. The van der Waals surface area contributed by atoms with Gasteiger partial charge in [0, 0.05) is 22.5 Å². The fourth-order valence-electron chi connectivity index (χ4n) is 2.55. The Hall–Kier alpha value is -2.94. The molecule has 100 valence electrons. The SMILES string of the molecule is Oc1cccc(-c2ccc3ccc4cccnc4c3n2)c1. The van der Waals surface area contributed by atoms with E-state index in [1.807, 2.05) is 36.4 Å². The van der Waals surface area contributed by atoms with E-state index < -0.39 is 0 Å². The van der Waals surface area contributed by atoms with Gasteiger partial charge in [0.15, 0.2) is 0 Å². The van der Waals surface area contributed by atoms with Crippen LogP contribution >= 0.6 is 0 Å². The molecule has 0 bridgehead atoms. The zero-order chi connectivity index (χ0) is 14.2. The lowest BCUT2D eigenvalue weighted by Crippen LogP contribution is -1.88. The van der Waals surface area contributed by atoms with Crippen molar-refractivity contribution >= 4 is 21.8 Å². The molecule has 0 saturated carbocycles. The highest BCUT2D eigenvalue weighted by molar-refractivity contribution is 6.03. The summed E-state index contributed by atoms with van der Waals surface area (Å²) >= 11 is 0. The minimum atomic E-state index is 0.241. The Kier molecular flexibility index (Phi) is 2.57. The largest absolute Gasteiger partial charge is 0.508 e. The van der Waals surface area contributed by atoms with E-state index in [1.54, 1.807) is 18.3 Å². The molecule has 0 unspecified atom stereocenters. The predicted octanol–water partition coefficient (Wildman–Crippen LogP) is 4.16. The van der Waals surface area contributed by atoms with Crippen molar-refractivity contribution in [1.29, 1.82) is 0 Å². The summed E-state index contributed by atoms with van der Waals surface area (Å²) in [7, 11) is 0. The molecule has 0 fully saturated rings. The Morgan fingerprint density at radius 1 is 0.762 bits per heavy atom. The van der Waals surface area contributed by atoms with Gasteiger partial charge in [-0.25, -0.2) is 4.98 Å². The molecular weight excluding hydrogens is 260 g/mol. The molecule has 0 saturated heterocycles. The van der Waals surface area contributed by atoms with Gasteiger partial charge in [-0.3, -0.25) is 4.98 Å². The Morgan fingerprint density at radius 2 is 1.57 bits per heavy atom. The Labute approximate surface area is 121 Å². The molecule has 2 aromatic heterocycles. The van der Waals surface area contributed by atoms with E-state index in [0.717, 1.165) is 33.1 Å². The van der Waals surface area contributed by atoms with Gasteiger partial charge < -0.3 is 5.11 Å². The van der Waals surface area contributed by atoms with E-state index in [2.05, 4.69) is 17.1 Å². The smallest absolute Gasteiger partial charge is 0.116 e. The Balaban J connectivity index is 2.02. The summed E-state index contributed by atoms with van der Waals surface area (Å²) in [5, 5.41) is 11.8. The number of fused-ring (bicyclic) bond motifs is 3. The molecule has 4 rings (SSSR count). The minimum absolute atomic E-state index is 0.241. The van der Waals surface area contributed by atoms with Gasteiger partial charge >= 0.3 is 0 Å². The maximum Gasteiger partial charge on any atom is 0.116 e. The number of hydrogen-bond donors (Lipinski definition) is 1. The monoisotopic (exact) mass is 272 g/mol. The summed E-state index contributed by atoms with van der Waals surface area (Å²) in [6.07, 6.45) is 1.78. The van der Waals surface area contributed by atoms with Crippen LogP contribution in [0.3, 0.4) is 0 Å². The van der Waals surface area contributed by atoms with Crippen molar-refractivity contribution < 1.29 is 5.11 Å². The molecular formula is C18H12N2O. The van der Waals surface area contributed by atoms with Crippen molar-refractivity contribution in [2.24, 2.45) is 0 Å². The third-order valence-electron chi connectivity index (χ3n) is 3.57. The second-order valence-electron chi connectivity index (χ2n) is 4.96. The van der Waals surface area contributed by atoms with Crippen LogP contribution in [-0.2, 0) is 0 Å². The van der Waals surface area contributed by atoms with Crippen molar-refractivity contribution in [1.82, 2.24) is 9.97 Å². The molecule has 3 heteroatoms. The molecule has 0 amide bonds. The lowest BCUT2D eigenvalue weighted by atomic mass is 10.1. The zero-order valence-corrected chi connectivity index (χ0v) is 11.2. The highest BCUT2D eigenvalue weighted by atomic mass is 16.3. The first-order valence-electron chi connectivity index (χ1n) is 6.75. The van der Waals surface area contributed by atoms with Crippen LogP contribution in [0, 0.1) is 0 Å². The molecule has 0 aliphatic heterocycles. The van der Waals surface area contributed by atoms with E-state index in [0.29, 0.717) is 0 Å². The first-order chi connectivity index (χ1) is 10.3. The second-order valence-corrected chi connectivity index (χ2v) is 4.96. The van der Waals surface area contributed by atoms with E-state index in [9.17, 15) is 5.11 Å². The molecule has 0 radical (unpaired) electrons. The zero-order valence-electron chi connectivity index (χ0n) is 11.2. The third kappa shape index (κ3) is 1.99. The predicted molar refractivity (Wildman–Crippen MR) is 84.1 cm³/mol. The molecule has 21 heavy (non-hydrogen) atoms. The lowest BCUT2D eigenvalue weighted by molar-refractivity contribution is 0.475. The van der Waals surface area contributed by atoms with E-state index >= 15 is 0 Å². The normalized spacial score (nSPS) is 11.0. The molecule has 0 atom stereocenters. The highest BCUT2D eigenvalue weighted by Gasteiger charge is 2.06. The average Bonchev–Trinajstić information content (AvgIpc) is 2.54. The third-order valence-corrected chi connectivity index (χ3v) is 3.57. The number of nitrogens with zero attached hydrogens (tertiary/aromatic N) is 2. The van der Waals surface area contributed by atoms with Crippen molar-refractivity contribution in [3.63, 3.8) is 0 Å². The van der Waals surface area contributed by atoms with Crippen LogP contribution in [0.2, 0.25) is 0 Å². The molecule has 0 aliphatic carbocycles. The van der Waals surface area contributed by atoms with Crippen LogP contribution < -0.4 is 0 Å². The Bertz CT molecular complexity index is 963. The molecule has 2 aromatic carbocycles. The molecule has 3 nitrogen and oxygen atoms in total. The Morgan fingerprint density at radius 3 is 2.43 bits per heavy atom. The van der Waals surface area contributed by atoms with Crippen molar-refractivity contribution in [2.45, 2.75) is 0 Å². The van der Waals surface area contributed by atoms with E-state index in [1.165, 1.54) is 0 Å². The number of pyridine rings is 2. The molecule has 0 aliphatic rings.